The average Bonchev–Trinajstić information content (AvgIpc) is 3.02. The van der Waals surface area contributed by atoms with Crippen molar-refractivity contribution >= 4 is 11.6 Å². The number of carbonyl (C=O) groups excluding carboxylic acids is 1. The van der Waals surface area contributed by atoms with Crippen molar-refractivity contribution in [3.63, 3.8) is 0 Å². The molecule has 2 heterocycles. The van der Waals surface area contributed by atoms with Gasteiger partial charge in [-0.1, -0.05) is 18.2 Å². The zero-order valence-electron chi connectivity index (χ0n) is 13.9. The van der Waals surface area contributed by atoms with Gasteiger partial charge in [0.1, 0.15) is 0 Å². The Balaban J connectivity index is 1.75. The largest absolute Gasteiger partial charge is 0.371 e. The maximum atomic E-state index is 12.5. The van der Waals surface area contributed by atoms with E-state index in [1.54, 1.807) is 22.0 Å². The highest BCUT2D eigenvalue weighted by Crippen LogP contribution is 2.25. The highest BCUT2D eigenvalue weighted by molar-refractivity contribution is 5.93. The minimum Gasteiger partial charge on any atom is -0.371 e. The highest BCUT2D eigenvalue weighted by Gasteiger charge is 2.18. The number of aryl methyl sites for hydroxylation is 1. The summed E-state index contributed by atoms with van der Waals surface area (Å²) >= 11 is 0. The number of para-hydroxylation sites is 1. The van der Waals surface area contributed by atoms with Gasteiger partial charge < -0.3 is 9.80 Å². The van der Waals surface area contributed by atoms with Crippen LogP contribution in [0.3, 0.4) is 0 Å². The molecule has 1 aromatic heterocycles. The van der Waals surface area contributed by atoms with Crippen LogP contribution in [0.15, 0.2) is 36.7 Å². The first-order valence-corrected chi connectivity index (χ1v) is 8.22. The van der Waals surface area contributed by atoms with Gasteiger partial charge in [0.05, 0.1) is 11.8 Å². The van der Waals surface area contributed by atoms with Crippen LogP contribution in [-0.4, -0.2) is 40.7 Å². The lowest BCUT2D eigenvalue weighted by molar-refractivity contribution is 0.0785. The van der Waals surface area contributed by atoms with E-state index in [-0.39, 0.29) is 5.91 Å². The van der Waals surface area contributed by atoms with Crippen molar-refractivity contribution in [1.82, 2.24) is 14.7 Å². The molecule has 2 aromatic rings. The zero-order valence-corrected chi connectivity index (χ0v) is 13.9. The fourth-order valence-corrected chi connectivity index (χ4v) is 3.17. The summed E-state index contributed by atoms with van der Waals surface area (Å²) in [4.78, 5) is 16.7. The monoisotopic (exact) mass is 312 g/mol. The molecule has 3 rings (SSSR count). The van der Waals surface area contributed by atoms with Gasteiger partial charge in [0.2, 0.25) is 0 Å². The molecule has 0 N–H and O–H groups in total. The third-order valence-corrected chi connectivity index (χ3v) is 4.39. The number of nitrogens with zero attached hydrogens (tertiary/aromatic N) is 4. The van der Waals surface area contributed by atoms with E-state index in [2.05, 4.69) is 28.2 Å². The molecule has 1 aliphatic rings. The maximum Gasteiger partial charge on any atom is 0.257 e. The van der Waals surface area contributed by atoms with Crippen molar-refractivity contribution in [3.8, 4) is 0 Å². The molecule has 5 nitrogen and oxygen atoms in total. The van der Waals surface area contributed by atoms with Crippen LogP contribution in [0.5, 0.6) is 0 Å². The van der Waals surface area contributed by atoms with Crippen LogP contribution in [-0.2, 0) is 13.6 Å². The van der Waals surface area contributed by atoms with Crippen LogP contribution in [0.25, 0.3) is 0 Å². The average molecular weight is 312 g/mol. The zero-order chi connectivity index (χ0) is 16.2. The summed E-state index contributed by atoms with van der Waals surface area (Å²) in [5.74, 6) is 0.00606. The lowest BCUT2D eigenvalue weighted by atomic mass is 10.1. The number of benzene rings is 1. The molecule has 122 valence electrons. The smallest absolute Gasteiger partial charge is 0.257 e. The second kappa shape index (κ2) is 6.86. The van der Waals surface area contributed by atoms with Gasteiger partial charge in [-0.05, 0) is 30.9 Å². The lowest BCUT2D eigenvalue weighted by Crippen LogP contribution is -2.32. The lowest BCUT2D eigenvalue weighted by Gasteiger charge is -2.31. The molecule has 0 spiro atoms. The van der Waals surface area contributed by atoms with E-state index in [1.807, 2.05) is 20.2 Å². The van der Waals surface area contributed by atoms with Crippen molar-refractivity contribution in [2.45, 2.75) is 25.8 Å². The Labute approximate surface area is 137 Å². The maximum absolute atomic E-state index is 12.5. The molecular weight excluding hydrogens is 288 g/mol. The summed E-state index contributed by atoms with van der Waals surface area (Å²) < 4.78 is 1.66. The van der Waals surface area contributed by atoms with Crippen LogP contribution in [0.4, 0.5) is 5.69 Å². The van der Waals surface area contributed by atoms with Crippen molar-refractivity contribution in [3.05, 3.63) is 47.8 Å². The molecule has 0 unspecified atom stereocenters. The molecule has 0 bridgehead atoms. The molecule has 5 heteroatoms. The van der Waals surface area contributed by atoms with E-state index in [1.165, 1.54) is 30.5 Å². The summed E-state index contributed by atoms with van der Waals surface area (Å²) in [6.07, 6.45) is 7.19. The molecule has 1 aliphatic heterocycles. The Morgan fingerprint density at radius 3 is 2.65 bits per heavy atom. The van der Waals surface area contributed by atoms with Gasteiger partial charge in [-0.15, -0.1) is 0 Å². The fourth-order valence-electron chi connectivity index (χ4n) is 3.17. The summed E-state index contributed by atoms with van der Waals surface area (Å²) in [7, 11) is 3.67. The number of piperidine rings is 1. The number of hydrogen-bond donors (Lipinski definition) is 0. The number of amides is 1. The first-order valence-electron chi connectivity index (χ1n) is 8.22. The Morgan fingerprint density at radius 2 is 1.96 bits per heavy atom. The second-order valence-corrected chi connectivity index (χ2v) is 6.24. The second-order valence-electron chi connectivity index (χ2n) is 6.24. The first-order chi connectivity index (χ1) is 11.1. The normalized spacial score (nSPS) is 14.8. The third kappa shape index (κ3) is 3.55. The van der Waals surface area contributed by atoms with Crippen LogP contribution < -0.4 is 4.90 Å². The van der Waals surface area contributed by atoms with Gasteiger partial charge in [-0.2, -0.15) is 5.10 Å². The summed E-state index contributed by atoms with van der Waals surface area (Å²) in [5.41, 5.74) is 3.10. The number of carbonyl (C=O) groups is 1. The van der Waals surface area contributed by atoms with Gasteiger partial charge in [0.25, 0.3) is 5.91 Å². The van der Waals surface area contributed by atoms with E-state index < -0.39 is 0 Å². The molecule has 0 atom stereocenters. The molecule has 1 aromatic carbocycles. The SMILES string of the molecule is CN(Cc1ccccc1N1CCCCC1)C(=O)c1cnn(C)c1. The summed E-state index contributed by atoms with van der Waals surface area (Å²) in [6.45, 7) is 2.83. The third-order valence-electron chi connectivity index (χ3n) is 4.39. The topological polar surface area (TPSA) is 41.4 Å². The van der Waals surface area contributed by atoms with E-state index >= 15 is 0 Å². The predicted octanol–water partition coefficient (Wildman–Crippen LogP) is 2.68. The van der Waals surface area contributed by atoms with E-state index in [0.29, 0.717) is 12.1 Å². The quantitative estimate of drug-likeness (QED) is 0.871. The van der Waals surface area contributed by atoms with Gasteiger partial charge >= 0.3 is 0 Å². The Hall–Kier alpha value is -2.30. The molecule has 23 heavy (non-hydrogen) atoms. The summed E-state index contributed by atoms with van der Waals surface area (Å²) in [6, 6.07) is 8.42. The number of anilines is 1. The van der Waals surface area contributed by atoms with Crippen molar-refractivity contribution in [1.29, 1.82) is 0 Å². The minimum atomic E-state index is 0.00606. The van der Waals surface area contributed by atoms with Crippen LogP contribution in [0, 0.1) is 0 Å². The Kier molecular flexibility index (Phi) is 4.65. The number of rotatable bonds is 4. The van der Waals surface area contributed by atoms with E-state index in [9.17, 15) is 4.79 Å². The van der Waals surface area contributed by atoms with Crippen molar-refractivity contribution in [2.75, 3.05) is 25.0 Å². The van der Waals surface area contributed by atoms with E-state index in [4.69, 9.17) is 0 Å². The molecule has 1 saturated heterocycles. The van der Waals surface area contributed by atoms with Crippen LogP contribution in [0.2, 0.25) is 0 Å². The Morgan fingerprint density at radius 1 is 1.22 bits per heavy atom. The highest BCUT2D eigenvalue weighted by atomic mass is 16.2. The first kappa shape index (κ1) is 15.6. The standard InChI is InChI=1S/C18H24N4O/c1-20(18(23)16-12-19-21(2)14-16)13-15-8-4-5-9-17(15)22-10-6-3-7-11-22/h4-5,8-9,12,14H,3,6-7,10-11,13H2,1-2H3. The van der Waals surface area contributed by atoms with Crippen molar-refractivity contribution < 1.29 is 4.79 Å². The number of aromatic nitrogens is 2. The minimum absolute atomic E-state index is 0.00606. The van der Waals surface area contributed by atoms with Gasteiger partial charge in [-0.25, -0.2) is 0 Å². The molecule has 0 saturated carbocycles. The van der Waals surface area contributed by atoms with Gasteiger partial charge in [-0.3, -0.25) is 9.48 Å². The van der Waals surface area contributed by atoms with E-state index in [0.717, 1.165) is 13.1 Å². The molecule has 1 fully saturated rings. The molecule has 0 radical (unpaired) electrons. The molecule has 1 amide bonds. The Bertz CT molecular complexity index is 673. The van der Waals surface area contributed by atoms with Gasteiger partial charge in [0.15, 0.2) is 0 Å². The number of hydrogen-bond acceptors (Lipinski definition) is 3. The van der Waals surface area contributed by atoms with Crippen LogP contribution >= 0.6 is 0 Å². The molecule has 0 aliphatic carbocycles. The van der Waals surface area contributed by atoms with Crippen LogP contribution in [0.1, 0.15) is 35.2 Å². The fraction of sp³-hybridized carbons (Fsp3) is 0.444. The predicted molar refractivity (Wildman–Crippen MR) is 91.5 cm³/mol. The summed E-state index contributed by atoms with van der Waals surface area (Å²) in [5, 5.41) is 4.08. The van der Waals surface area contributed by atoms with Gasteiger partial charge in [0, 0.05) is 45.6 Å². The molecular formula is C18H24N4O. The van der Waals surface area contributed by atoms with Crippen molar-refractivity contribution in [2.24, 2.45) is 7.05 Å².